The summed E-state index contributed by atoms with van der Waals surface area (Å²) in [4.78, 5) is 0. The Bertz CT molecular complexity index is 119. The lowest BCUT2D eigenvalue weighted by molar-refractivity contribution is 1.56. The van der Waals surface area contributed by atoms with Gasteiger partial charge in [-0.2, -0.15) is 0 Å². The van der Waals surface area contributed by atoms with E-state index < -0.39 is 0 Å². The average molecular weight is 109 g/mol. The van der Waals surface area contributed by atoms with Crippen LogP contribution < -0.4 is 0 Å². The first-order valence-corrected chi connectivity index (χ1v) is 2.32. The van der Waals surface area contributed by atoms with E-state index in [4.69, 9.17) is 0 Å². The second kappa shape index (κ2) is 5.34. The van der Waals surface area contributed by atoms with E-state index >= 15 is 0 Å². The van der Waals surface area contributed by atoms with E-state index in [0.29, 0.717) is 6.42 Å². The minimum Gasteiger partial charge on any atom is -0.106 e. The Hall–Kier alpha value is -0.660. The van der Waals surface area contributed by atoms with Crippen LogP contribution in [0.2, 0.25) is 0 Å². The number of rotatable bonds is 0. The van der Waals surface area contributed by atoms with Gasteiger partial charge in [-0.3, -0.25) is 0 Å². The molecule has 7 heavy (non-hydrogen) atoms. The van der Waals surface area contributed by atoms with Crippen LogP contribution in [0.3, 0.4) is 0 Å². The van der Waals surface area contributed by atoms with Gasteiger partial charge in [-0.25, -0.2) is 0 Å². The van der Waals surface area contributed by atoms with Gasteiger partial charge in [0.05, 0.1) is 6.42 Å². The number of hydrogen-bond acceptors (Lipinski definition) is 0. The highest BCUT2D eigenvalue weighted by Gasteiger charge is 1.58. The average Bonchev–Trinajstić information content (AvgIpc) is 1.69. The van der Waals surface area contributed by atoms with Crippen LogP contribution in [-0.2, 0) is 0 Å². The normalized spacial score (nSPS) is 4.71. The summed E-state index contributed by atoms with van der Waals surface area (Å²) in [5, 5.41) is 2.33. The van der Waals surface area contributed by atoms with Crippen molar-refractivity contribution in [2.24, 2.45) is 0 Å². The first-order chi connectivity index (χ1) is 3.41. The summed E-state index contributed by atoms with van der Waals surface area (Å²) in [6.07, 6.45) is 0.611. The zero-order chi connectivity index (χ0) is 5.54. The summed E-state index contributed by atoms with van der Waals surface area (Å²) in [6.45, 7) is 1.78. The van der Waals surface area contributed by atoms with Crippen molar-refractivity contribution in [1.29, 1.82) is 0 Å². The van der Waals surface area contributed by atoms with E-state index in [9.17, 15) is 0 Å². The number of hydrogen-bond donors (Lipinski definition) is 0. The van der Waals surface area contributed by atoms with Gasteiger partial charge in [0.15, 0.2) is 0 Å². The molecule has 0 atom stereocenters. The van der Waals surface area contributed by atoms with Crippen LogP contribution in [-0.4, -0.2) is 0 Å². The van der Waals surface area contributed by atoms with E-state index in [-0.39, 0.29) is 0 Å². The van der Waals surface area contributed by atoms with Crippen molar-refractivity contribution < 1.29 is 0 Å². The van der Waals surface area contributed by atoms with Gasteiger partial charge in [-0.15, -0.1) is 5.92 Å². The predicted octanol–water partition coefficient (Wildman–Crippen LogP) is 1.56. The van der Waals surface area contributed by atoms with Crippen LogP contribution in [0.5, 0.6) is 0 Å². The highest BCUT2D eigenvalue weighted by Crippen LogP contribution is 1.69. The van der Waals surface area contributed by atoms with E-state index in [2.05, 4.69) is 35.6 Å². The van der Waals surface area contributed by atoms with Crippen molar-refractivity contribution in [3.05, 3.63) is 0 Å². The van der Waals surface area contributed by atoms with Gasteiger partial charge in [0.2, 0.25) is 0 Å². The van der Waals surface area contributed by atoms with E-state index in [1.54, 1.807) is 6.92 Å². The molecule has 1 radical (unpaired) electrons. The molecule has 0 spiro atoms. The Labute approximate surface area is 49.7 Å². The molecule has 0 aliphatic heterocycles. The van der Waals surface area contributed by atoms with Gasteiger partial charge >= 0.3 is 0 Å². The summed E-state index contributed by atoms with van der Waals surface area (Å²) in [6, 6.07) is 0. The Morgan fingerprint density at radius 3 is 2.57 bits per heavy atom. The largest absolute Gasteiger partial charge is 0.106 e. The lowest BCUT2D eigenvalue weighted by Gasteiger charge is -1.62. The van der Waals surface area contributed by atoms with Crippen molar-refractivity contribution in [3.8, 4) is 23.0 Å². The van der Waals surface area contributed by atoms with Crippen LogP contribution in [0.1, 0.15) is 13.3 Å². The lowest BCUT2D eigenvalue weighted by Crippen LogP contribution is -1.53. The molecule has 0 unspecified atom stereocenters. The Morgan fingerprint density at radius 1 is 1.43 bits per heavy atom. The molecule has 0 aliphatic carbocycles. The van der Waals surface area contributed by atoms with Crippen LogP contribution in [0, 0.1) is 23.0 Å². The van der Waals surface area contributed by atoms with Gasteiger partial charge in [0, 0.05) is 5.25 Å². The van der Waals surface area contributed by atoms with Gasteiger partial charge in [0.25, 0.3) is 0 Å². The molecule has 0 aromatic rings. The molecule has 0 N–H and O–H groups in total. The third-order valence-electron chi connectivity index (χ3n) is 0.426. The Morgan fingerprint density at radius 2 is 2.14 bits per heavy atom. The zero-order valence-corrected chi connectivity index (χ0v) is 4.93. The minimum absolute atomic E-state index is 0.611. The summed E-state index contributed by atoms with van der Waals surface area (Å²) < 4.78 is 0. The summed E-state index contributed by atoms with van der Waals surface area (Å²) in [7, 11) is 0. The fourth-order valence-corrected chi connectivity index (χ4v) is 0.241. The second-order valence-corrected chi connectivity index (χ2v) is 1.09. The molecular weight excluding hydrogens is 104 g/mol. The monoisotopic (exact) mass is 109 g/mol. The third kappa shape index (κ3) is 5.34. The molecule has 0 bridgehead atoms. The van der Waals surface area contributed by atoms with E-state index in [1.807, 2.05) is 0 Å². The molecule has 0 aromatic carbocycles. The molecule has 0 rings (SSSR count). The fourth-order valence-electron chi connectivity index (χ4n) is 0.169. The highest BCUT2D eigenvalue weighted by molar-refractivity contribution is 7.85. The minimum atomic E-state index is 0.611. The third-order valence-corrected chi connectivity index (χ3v) is 0.570. The topological polar surface area (TPSA) is 0 Å². The van der Waals surface area contributed by atoms with Crippen LogP contribution in [0.15, 0.2) is 0 Å². The molecule has 0 heterocycles. The molecule has 0 aliphatic rings. The van der Waals surface area contributed by atoms with E-state index in [0.717, 1.165) is 0 Å². The quantitative estimate of drug-likeness (QED) is 0.414. The molecule has 35 valence electrons. The smallest absolute Gasteiger partial charge is 0.0714 e. The summed E-state index contributed by atoms with van der Waals surface area (Å²) >= 11 is 4.34. The van der Waals surface area contributed by atoms with Crippen molar-refractivity contribution >= 4 is 12.6 Å². The Kier molecular flexibility index (Phi) is 4.84. The van der Waals surface area contributed by atoms with Gasteiger partial charge in [0.1, 0.15) is 0 Å². The SMILES string of the molecule is CC#CCC#C[S]. The van der Waals surface area contributed by atoms with Crippen molar-refractivity contribution in [2.75, 3.05) is 0 Å². The van der Waals surface area contributed by atoms with Gasteiger partial charge in [-0.1, -0.05) is 11.8 Å². The summed E-state index contributed by atoms with van der Waals surface area (Å²) in [5.74, 6) is 8.10. The van der Waals surface area contributed by atoms with Crippen molar-refractivity contribution in [1.82, 2.24) is 0 Å². The molecule has 0 saturated carbocycles. The molecule has 0 aromatic heterocycles. The molecule has 0 nitrogen and oxygen atoms in total. The van der Waals surface area contributed by atoms with Crippen LogP contribution in [0.25, 0.3) is 0 Å². The Balaban J connectivity index is 3.21. The van der Waals surface area contributed by atoms with Gasteiger partial charge in [-0.05, 0) is 19.6 Å². The van der Waals surface area contributed by atoms with E-state index in [1.165, 1.54) is 0 Å². The fraction of sp³-hybridized carbons (Fsp3) is 0.333. The molecular formula is C6H5S. The molecule has 0 fully saturated rings. The van der Waals surface area contributed by atoms with Crippen LogP contribution in [0.4, 0.5) is 0 Å². The maximum absolute atomic E-state index is 4.34. The maximum atomic E-state index is 4.34. The predicted molar refractivity (Wildman–Crippen MR) is 33.4 cm³/mol. The maximum Gasteiger partial charge on any atom is 0.0714 e. The van der Waals surface area contributed by atoms with Crippen molar-refractivity contribution in [3.63, 3.8) is 0 Å². The van der Waals surface area contributed by atoms with Gasteiger partial charge < -0.3 is 0 Å². The molecule has 0 saturated heterocycles. The highest BCUT2D eigenvalue weighted by atomic mass is 32.1. The first-order valence-electron chi connectivity index (χ1n) is 1.91. The second-order valence-electron chi connectivity index (χ2n) is 0.882. The molecule has 0 amide bonds. The first kappa shape index (κ1) is 6.34. The molecule has 1 heteroatoms. The van der Waals surface area contributed by atoms with Crippen LogP contribution >= 0.6 is 12.6 Å². The van der Waals surface area contributed by atoms with Crippen molar-refractivity contribution in [2.45, 2.75) is 13.3 Å². The summed E-state index contributed by atoms with van der Waals surface area (Å²) in [5.41, 5.74) is 0. The zero-order valence-electron chi connectivity index (χ0n) is 4.12. The lowest BCUT2D eigenvalue weighted by atomic mass is 10.4. The standard InChI is InChI=1S/C6H5S/c1-2-3-4-5-6-7/h4H2,1H3.